The highest BCUT2D eigenvalue weighted by Crippen LogP contribution is 2.36. The highest BCUT2D eigenvalue weighted by molar-refractivity contribution is 7.89. The molecule has 1 atom stereocenters. The number of hydrogen-bond acceptors (Lipinski definition) is 3. The number of carbonyl (C=O) groups is 1. The first-order valence-electron chi connectivity index (χ1n) is 7.21. The van der Waals surface area contributed by atoms with E-state index in [9.17, 15) is 13.2 Å². The Bertz CT molecular complexity index is 635. The van der Waals surface area contributed by atoms with E-state index in [4.69, 9.17) is 5.11 Å². The Hall–Kier alpha value is -1.40. The molecule has 0 heterocycles. The summed E-state index contributed by atoms with van der Waals surface area (Å²) in [6.45, 7) is 4.28. The van der Waals surface area contributed by atoms with Crippen molar-refractivity contribution in [1.82, 2.24) is 4.72 Å². The standard InChI is InChI=1S/C15H21NO4S/c1-3-11-4-7-13(15(17)18)8-14(11)21(19,20)16-9-10(2)12-5-6-12/h4,7-8,10,12,16H,3,5-6,9H2,1-2H3,(H,17,18). The molecule has 0 radical (unpaired) electrons. The fourth-order valence-electron chi connectivity index (χ4n) is 2.38. The van der Waals surface area contributed by atoms with Crippen molar-refractivity contribution in [2.75, 3.05) is 6.54 Å². The molecule has 6 heteroatoms. The summed E-state index contributed by atoms with van der Waals surface area (Å²) in [5.74, 6) is -0.198. The Morgan fingerprint density at radius 1 is 1.43 bits per heavy atom. The molecule has 0 bridgehead atoms. The lowest BCUT2D eigenvalue weighted by atomic mass is 10.1. The minimum Gasteiger partial charge on any atom is -0.478 e. The van der Waals surface area contributed by atoms with Gasteiger partial charge >= 0.3 is 5.97 Å². The Kier molecular flexibility index (Phi) is 4.68. The van der Waals surface area contributed by atoms with Crippen LogP contribution in [0.5, 0.6) is 0 Å². The van der Waals surface area contributed by atoms with Gasteiger partial charge in [0.05, 0.1) is 10.5 Å². The first kappa shape index (κ1) is 16.0. The summed E-state index contributed by atoms with van der Waals surface area (Å²) < 4.78 is 27.5. The van der Waals surface area contributed by atoms with Crippen LogP contribution in [0.2, 0.25) is 0 Å². The lowest BCUT2D eigenvalue weighted by Gasteiger charge is -2.14. The molecule has 0 aliphatic heterocycles. The summed E-state index contributed by atoms with van der Waals surface area (Å²) in [6.07, 6.45) is 2.86. The van der Waals surface area contributed by atoms with E-state index >= 15 is 0 Å². The zero-order valence-electron chi connectivity index (χ0n) is 12.3. The van der Waals surface area contributed by atoms with Crippen molar-refractivity contribution in [3.05, 3.63) is 29.3 Å². The average Bonchev–Trinajstić information content (AvgIpc) is 3.28. The lowest BCUT2D eigenvalue weighted by Crippen LogP contribution is -2.30. The third kappa shape index (κ3) is 3.83. The Morgan fingerprint density at radius 2 is 2.10 bits per heavy atom. The van der Waals surface area contributed by atoms with Gasteiger partial charge in [-0.2, -0.15) is 0 Å². The third-order valence-electron chi connectivity index (χ3n) is 4.01. The molecule has 5 nitrogen and oxygen atoms in total. The maximum absolute atomic E-state index is 12.4. The predicted molar refractivity (Wildman–Crippen MR) is 79.9 cm³/mol. The smallest absolute Gasteiger partial charge is 0.335 e. The quantitative estimate of drug-likeness (QED) is 0.809. The predicted octanol–water partition coefficient (Wildman–Crippen LogP) is 2.27. The number of rotatable bonds is 7. The van der Waals surface area contributed by atoms with Gasteiger partial charge in [0.2, 0.25) is 10.0 Å². The minimum absolute atomic E-state index is 0.0113. The second-order valence-electron chi connectivity index (χ2n) is 5.65. The summed E-state index contributed by atoms with van der Waals surface area (Å²) >= 11 is 0. The van der Waals surface area contributed by atoms with Crippen LogP contribution in [0.3, 0.4) is 0 Å². The number of sulfonamides is 1. The summed E-state index contributed by atoms with van der Waals surface area (Å²) in [5, 5.41) is 9.02. The molecule has 0 saturated heterocycles. The van der Waals surface area contributed by atoms with Crippen LogP contribution in [0.25, 0.3) is 0 Å². The number of aromatic carboxylic acids is 1. The highest BCUT2D eigenvalue weighted by Gasteiger charge is 2.29. The normalized spacial score (nSPS) is 16.7. The van der Waals surface area contributed by atoms with Crippen LogP contribution >= 0.6 is 0 Å². The molecular weight excluding hydrogens is 290 g/mol. The third-order valence-corrected chi connectivity index (χ3v) is 5.51. The molecule has 2 rings (SSSR count). The SMILES string of the molecule is CCc1ccc(C(=O)O)cc1S(=O)(=O)NCC(C)C1CC1. The molecule has 2 N–H and O–H groups in total. The molecule has 1 saturated carbocycles. The molecule has 21 heavy (non-hydrogen) atoms. The molecule has 0 aromatic heterocycles. The number of carboxylic acid groups (broad SMARTS) is 1. The van der Waals surface area contributed by atoms with Gasteiger partial charge in [0, 0.05) is 6.54 Å². The van der Waals surface area contributed by atoms with Gasteiger partial charge in [0.1, 0.15) is 0 Å². The molecule has 0 amide bonds. The van der Waals surface area contributed by atoms with Crippen molar-refractivity contribution in [1.29, 1.82) is 0 Å². The monoisotopic (exact) mass is 311 g/mol. The summed E-state index contributed by atoms with van der Waals surface area (Å²) in [7, 11) is -3.67. The van der Waals surface area contributed by atoms with Crippen LogP contribution in [-0.4, -0.2) is 26.0 Å². The van der Waals surface area contributed by atoms with Crippen molar-refractivity contribution in [2.45, 2.75) is 38.0 Å². The maximum Gasteiger partial charge on any atom is 0.335 e. The summed E-state index contributed by atoms with van der Waals surface area (Å²) in [5.41, 5.74) is 0.620. The number of benzene rings is 1. The van der Waals surface area contributed by atoms with Crippen molar-refractivity contribution >= 4 is 16.0 Å². The summed E-state index contributed by atoms with van der Waals surface area (Å²) in [6, 6.07) is 4.25. The van der Waals surface area contributed by atoms with Gasteiger partial charge in [-0.15, -0.1) is 0 Å². The zero-order valence-corrected chi connectivity index (χ0v) is 13.1. The van der Waals surface area contributed by atoms with Crippen LogP contribution in [0, 0.1) is 11.8 Å². The molecule has 0 spiro atoms. The molecule has 1 aromatic carbocycles. The van der Waals surface area contributed by atoms with Crippen molar-refractivity contribution in [2.24, 2.45) is 11.8 Å². The van der Waals surface area contributed by atoms with E-state index in [1.54, 1.807) is 6.07 Å². The van der Waals surface area contributed by atoms with Crippen molar-refractivity contribution in [3.63, 3.8) is 0 Å². The summed E-state index contributed by atoms with van der Waals surface area (Å²) in [4.78, 5) is 11.1. The topological polar surface area (TPSA) is 83.5 Å². The van der Waals surface area contributed by atoms with E-state index in [0.717, 1.165) is 12.8 Å². The molecular formula is C15H21NO4S. The van der Waals surface area contributed by atoms with Gasteiger partial charge in [0.25, 0.3) is 0 Å². The molecule has 1 aliphatic carbocycles. The van der Waals surface area contributed by atoms with Crippen LogP contribution in [0.15, 0.2) is 23.1 Å². The molecule has 1 aromatic rings. The maximum atomic E-state index is 12.4. The van der Waals surface area contributed by atoms with Gasteiger partial charge in [0.15, 0.2) is 0 Å². The van der Waals surface area contributed by atoms with Crippen molar-refractivity contribution < 1.29 is 18.3 Å². The number of hydrogen-bond donors (Lipinski definition) is 2. The Morgan fingerprint density at radius 3 is 2.62 bits per heavy atom. The van der Waals surface area contributed by atoms with Gasteiger partial charge in [-0.25, -0.2) is 17.9 Å². The van der Waals surface area contributed by atoms with Crippen LogP contribution in [0.1, 0.15) is 42.6 Å². The first-order valence-corrected chi connectivity index (χ1v) is 8.69. The zero-order chi connectivity index (χ0) is 15.6. The molecule has 1 aliphatic rings. The molecule has 1 unspecified atom stereocenters. The lowest BCUT2D eigenvalue weighted by molar-refractivity contribution is 0.0696. The van der Waals surface area contributed by atoms with E-state index in [1.165, 1.54) is 12.1 Å². The van der Waals surface area contributed by atoms with Crippen LogP contribution in [-0.2, 0) is 16.4 Å². The fraction of sp³-hybridized carbons (Fsp3) is 0.533. The first-order chi connectivity index (χ1) is 9.85. The van der Waals surface area contributed by atoms with E-state index in [2.05, 4.69) is 4.72 Å². The van der Waals surface area contributed by atoms with Gasteiger partial charge in [-0.1, -0.05) is 19.9 Å². The second kappa shape index (κ2) is 6.15. The largest absolute Gasteiger partial charge is 0.478 e. The molecule has 1 fully saturated rings. The number of carboxylic acids is 1. The highest BCUT2D eigenvalue weighted by atomic mass is 32.2. The van der Waals surface area contributed by atoms with E-state index < -0.39 is 16.0 Å². The van der Waals surface area contributed by atoms with E-state index in [-0.39, 0.29) is 10.5 Å². The Labute approximate surface area is 125 Å². The van der Waals surface area contributed by atoms with E-state index in [0.29, 0.717) is 30.4 Å². The Balaban J connectivity index is 2.24. The van der Waals surface area contributed by atoms with Crippen LogP contribution in [0.4, 0.5) is 0 Å². The van der Waals surface area contributed by atoms with Gasteiger partial charge < -0.3 is 5.11 Å². The molecule has 116 valence electrons. The average molecular weight is 311 g/mol. The second-order valence-corrected chi connectivity index (χ2v) is 7.38. The van der Waals surface area contributed by atoms with E-state index in [1.807, 2.05) is 13.8 Å². The fourth-order valence-corrected chi connectivity index (χ4v) is 3.86. The number of nitrogens with one attached hydrogen (secondary N) is 1. The van der Waals surface area contributed by atoms with Crippen molar-refractivity contribution in [3.8, 4) is 0 Å². The van der Waals surface area contributed by atoms with Gasteiger partial charge in [-0.05, 0) is 48.8 Å². The minimum atomic E-state index is -3.67. The van der Waals surface area contributed by atoms with Gasteiger partial charge in [-0.3, -0.25) is 0 Å². The number of aryl methyl sites for hydroxylation is 1. The van der Waals surface area contributed by atoms with Crippen LogP contribution < -0.4 is 4.72 Å².